The summed E-state index contributed by atoms with van der Waals surface area (Å²) in [5.41, 5.74) is 8.95. The van der Waals surface area contributed by atoms with E-state index in [1.807, 2.05) is 26.1 Å². The molecule has 162 valence electrons. The smallest absolute Gasteiger partial charge is 0.251 e. The largest absolute Gasteiger partial charge is 0.368 e. The molecule has 8 heteroatoms. The van der Waals surface area contributed by atoms with E-state index < -0.39 is 5.91 Å². The molecule has 2 amide bonds. The van der Waals surface area contributed by atoms with Gasteiger partial charge in [0.25, 0.3) is 5.91 Å². The molecular formula is C22H30IN5O2. The van der Waals surface area contributed by atoms with Crippen LogP contribution in [0.5, 0.6) is 0 Å². The van der Waals surface area contributed by atoms with Gasteiger partial charge in [0.15, 0.2) is 5.96 Å². The maximum atomic E-state index is 11.9. The third-order valence-electron chi connectivity index (χ3n) is 4.29. The minimum atomic E-state index is -0.574. The fraction of sp³-hybridized carbons (Fsp3) is 0.318. The van der Waals surface area contributed by atoms with Gasteiger partial charge >= 0.3 is 0 Å². The SMILES string of the molecule is CCNC(=NCc1ccc(C(=O)NCC(N)=O)cc1)N(C)Cc1ccc(C)cc1.I. The molecule has 0 aromatic heterocycles. The lowest BCUT2D eigenvalue weighted by Gasteiger charge is -2.22. The maximum Gasteiger partial charge on any atom is 0.251 e. The Morgan fingerprint density at radius 1 is 1.00 bits per heavy atom. The molecule has 0 fully saturated rings. The van der Waals surface area contributed by atoms with Gasteiger partial charge in [-0.3, -0.25) is 9.59 Å². The summed E-state index contributed by atoms with van der Waals surface area (Å²) in [5.74, 6) is -0.0867. The zero-order chi connectivity index (χ0) is 21.2. The first-order chi connectivity index (χ1) is 13.9. The zero-order valence-electron chi connectivity index (χ0n) is 17.6. The van der Waals surface area contributed by atoms with Gasteiger partial charge in [0.1, 0.15) is 0 Å². The van der Waals surface area contributed by atoms with Crippen molar-refractivity contribution in [3.8, 4) is 0 Å². The summed E-state index contributed by atoms with van der Waals surface area (Å²) < 4.78 is 0. The van der Waals surface area contributed by atoms with Crippen molar-refractivity contribution >= 4 is 41.8 Å². The minimum absolute atomic E-state index is 0. The number of halogens is 1. The average molecular weight is 523 g/mol. The molecule has 0 aliphatic carbocycles. The van der Waals surface area contributed by atoms with E-state index in [1.165, 1.54) is 11.1 Å². The van der Waals surface area contributed by atoms with Gasteiger partial charge in [-0.2, -0.15) is 0 Å². The van der Waals surface area contributed by atoms with Crippen molar-refractivity contribution in [2.45, 2.75) is 26.9 Å². The van der Waals surface area contributed by atoms with Crippen LogP contribution in [-0.4, -0.2) is 42.8 Å². The molecule has 2 aromatic carbocycles. The van der Waals surface area contributed by atoms with Gasteiger partial charge in [-0.1, -0.05) is 42.0 Å². The number of amides is 2. The number of aliphatic imine (C=N–C) groups is 1. The number of carbonyl (C=O) groups excluding carboxylic acids is 2. The number of nitrogens with two attached hydrogens (primary N) is 1. The Kier molecular flexibility index (Phi) is 10.9. The van der Waals surface area contributed by atoms with Crippen molar-refractivity contribution < 1.29 is 9.59 Å². The highest BCUT2D eigenvalue weighted by molar-refractivity contribution is 14.0. The summed E-state index contributed by atoms with van der Waals surface area (Å²) >= 11 is 0. The Bertz CT molecular complexity index is 851. The summed E-state index contributed by atoms with van der Waals surface area (Å²) in [5, 5.41) is 5.78. The quantitative estimate of drug-likeness (QED) is 0.281. The van der Waals surface area contributed by atoms with E-state index >= 15 is 0 Å². The molecule has 0 radical (unpaired) electrons. The van der Waals surface area contributed by atoms with Crippen LogP contribution in [0.25, 0.3) is 0 Å². The Labute approximate surface area is 195 Å². The third kappa shape index (κ3) is 8.40. The van der Waals surface area contributed by atoms with Crippen molar-refractivity contribution in [1.82, 2.24) is 15.5 Å². The normalized spacial score (nSPS) is 10.7. The fourth-order valence-electron chi connectivity index (χ4n) is 2.71. The maximum absolute atomic E-state index is 11.9. The predicted octanol–water partition coefficient (Wildman–Crippen LogP) is 2.43. The lowest BCUT2D eigenvalue weighted by molar-refractivity contribution is -0.117. The second kappa shape index (κ2) is 12.8. The van der Waals surface area contributed by atoms with Crippen LogP contribution < -0.4 is 16.4 Å². The molecule has 0 unspecified atom stereocenters. The second-order valence-electron chi connectivity index (χ2n) is 6.86. The molecule has 2 rings (SSSR count). The monoisotopic (exact) mass is 523 g/mol. The molecule has 0 bridgehead atoms. The molecule has 4 N–H and O–H groups in total. The first-order valence-electron chi connectivity index (χ1n) is 9.59. The molecule has 0 heterocycles. The number of guanidine groups is 1. The van der Waals surface area contributed by atoms with Crippen LogP contribution in [0.3, 0.4) is 0 Å². The standard InChI is InChI=1S/C22H29N5O2.HI/c1-4-24-22(27(3)15-18-7-5-16(2)6-8-18)26-13-17-9-11-19(12-10-17)21(29)25-14-20(23)28;/h5-12H,4,13-15H2,1-3H3,(H2,23,28)(H,24,26)(H,25,29);1H. The topological polar surface area (TPSA) is 99.8 Å². The van der Waals surface area contributed by atoms with Gasteiger partial charge < -0.3 is 21.3 Å². The van der Waals surface area contributed by atoms with Crippen LogP contribution in [0.15, 0.2) is 53.5 Å². The van der Waals surface area contributed by atoms with Crippen LogP contribution in [0.1, 0.15) is 34.0 Å². The summed E-state index contributed by atoms with van der Waals surface area (Å²) in [6, 6.07) is 15.6. The van der Waals surface area contributed by atoms with E-state index in [2.05, 4.69) is 46.7 Å². The van der Waals surface area contributed by atoms with Gasteiger partial charge in [0.05, 0.1) is 13.1 Å². The molecule has 0 aliphatic rings. The molecule has 7 nitrogen and oxygen atoms in total. The lowest BCUT2D eigenvalue weighted by atomic mass is 10.1. The highest BCUT2D eigenvalue weighted by Crippen LogP contribution is 2.08. The number of hydrogen-bond donors (Lipinski definition) is 3. The van der Waals surface area contributed by atoms with Gasteiger partial charge in [0, 0.05) is 25.7 Å². The highest BCUT2D eigenvalue weighted by atomic mass is 127. The molecule has 30 heavy (non-hydrogen) atoms. The predicted molar refractivity (Wildman–Crippen MR) is 131 cm³/mol. The van der Waals surface area contributed by atoms with Crippen LogP contribution >= 0.6 is 24.0 Å². The summed E-state index contributed by atoms with van der Waals surface area (Å²) in [7, 11) is 2.01. The number of benzene rings is 2. The van der Waals surface area contributed by atoms with E-state index in [0.29, 0.717) is 12.1 Å². The zero-order valence-corrected chi connectivity index (χ0v) is 20.0. The Balaban J connectivity index is 0.00000450. The Hall–Kier alpha value is -2.62. The van der Waals surface area contributed by atoms with Crippen LogP contribution in [0.2, 0.25) is 0 Å². The van der Waals surface area contributed by atoms with Crippen molar-refractivity contribution in [3.63, 3.8) is 0 Å². The Morgan fingerprint density at radius 2 is 1.60 bits per heavy atom. The summed E-state index contributed by atoms with van der Waals surface area (Å²) in [6.45, 7) is 5.95. The number of nitrogens with one attached hydrogen (secondary N) is 2. The number of rotatable bonds is 8. The molecule has 0 atom stereocenters. The van der Waals surface area contributed by atoms with E-state index in [1.54, 1.807) is 12.1 Å². The van der Waals surface area contributed by atoms with E-state index in [0.717, 1.165) is 24.6 Å². The van der Waals surface area contributed by atoms with Gasteiger partial charge in [-0.15, -0.1) is 24.0 Å². The van der Waals surface area contributed by atoms with Crippen LogP contribution in [0.4, 0.5) is 0 Å². The molecule has 2 aromatic rings. The average Bonchev–Trinajstić information content (AvgIpc) is 2.71. The minimum Gasteiger partial charge on any atom is -0.368 e. The number of aryl methyl sites for hydroxylation is 1. The third-order valence-corrected chi connectivity index (χ3v) is 4.29. The van der Waals surface area contributed by atoms with Gasteiger partial charge in [-0.05, 0) is 37.1 Å². The van der Waals surface area contributed by atoms with Crippen molar-refractivity contribution in [2.75, 3.05) is 20.1 Å². The summed E-state index contributed by atoms with van der Waals surface area (Å²) in [4.78, 5) is 29.5. The van der Waals surface area contributed by atoms with Crippen molar-refractivity contribution in [3.05, 3.63) is 70.8 Å². The van der Waals surface area contributed by atoms with Crippen LogP contribution in [0, 0.1) is 6.92 Å². The van der Waals surface area contributed by atoms with Crippen LogP contribution in [-0.2, 0) is 17.9 Å². The van der Waals surface area contributed by atoms with Gasteiger partial charge in [-0.25, -0.2) is 4.99 Å². The summed E-state index contributed by atoms with van der Waals surface area (Å²) in [6.07, 6.45) is 0. The van der Waals surface area contributed by atoms with Crippen molar-refractivity contribution in [1.29, 1.82) is 0 Å². The molecule has 0 spiro atoms. The van der Waals surface area contributed by atoms with E-state index in [-0.39, 0.29) is 36.4 Å². The second-order valence-corrected chi connectivity index (χ2v) is 6.86. The van der Waals surface area contributed by atoms with E-state index in [9.17, 15) is 9.59 Å². The molecular weight excluding hydrogens is 493 g/mol. The fourth-order valence-corrected chi connectivity index (χ4v) is 2.71. The first-order valence-corrected chi connectivity index (χ1v) is 9.59. The van der Waals surface area contributed by atoms with Crippen molar-refractivity contribution in [2.24, 2.45) is 10.7 Å². The molecule has 0 aliphatic heterocycles. The number of primary amides is 1. The lowest BCUT2D eigenvalue weighted by Crippen LogP contribution is -2.38. The van der Waals surface area contributed by atoms with Gasteiger partial charge in [0.2, 0.25) is 5.91 Å². The number of hydrogen-bond acceptors (Lipinski definition) is 3. The molecule has 0 saturated heterocycles. The number of carbonyl (C=O) groups is 2. The highest BCUT2D eigenvalue weighted by Gasteiger charge is 2.08. The molecule has 0 saturated carbocycles. The Morgan fingerprint density at radius 3 is 2.17 bits per heavy atom. The number of nitrogens with zero attached hydrogens (tertiary/aromatic N) is 2. The van der Waals surface area contributed by atoms with E-state index in [4.69, 9.17) is 10.7 Å². The first kappa shape index (κ1) is 25.4.